The van der Waals surface area contributed by atoms with Crippen LogP contribution in [0.5, 0.6) is 0 Å². The highest BCUT2D eigenvalue weighted by atomic mass is 16.3. The van der Waals surface area contributed by atoms with E-state index in [-0.39, 0.29) is 0 Å². The fourth-order valence-electron chi connectivity index (χ4n) is 6.69. The van der Waals surface area contributed by atoms with Crippen LogP contribution >= 0.6 is 0 Å². The van der Waals surface area contributed by atoms with Crippen molar-refractivity contribution in [3.8, 4) is 45.0 Å². The van der Waals surface area contributed by atoms with E-state index < -0.39 is 0 Å². The first kappa shape index (κ1) is 27.1. The third-order valence-corrected chi connectivity index (χ3v) is 8.95. The number of rotatable bonds is 5. The molecular weight excluding hydrogens is 576 g/mol. The van der Waals surface area contributed by atoms with Gasteiger partial charge in [0.1, 0.15) is 11.0 Å². The van der Waals surface area contributed by atoms with Gasteiger partial charge in [0.2, 0.25) is 5.52 Å². The number of para-hydroxylation sites is 1. The average molecular weight is 606 g/mol. The zero-order valence-corrected chi connectivity index (χ0v) is 25.5. The topological polar surface area (TPSA) is 66.0 Å². The Labute approximate surface area is 271 Å². The molecule has 0 spiro atoms. The first-order valence-electron chi connectivity index (χ1n) is 15.9. The van der Waals surface area contributed by atoms with Crippen molar-refractivity contribution < 1.29 is 9.40 Å². The number of nitrogens with one attached hydrogen (secondary N) is 1. The predicted molar refractivity (Wildman–Crippen MR) is 187 cm³/mol. The molecule has 8 aromatic rings. The van der Waals surface area contributed by atoms with Crippen molar-refractivity contribution >= 4 is 33.5 Å². The van der Waals surface area contributed by atoms with Gasteiger partial charge in [-0.1, -0.05) is 115 Å². The van der Waals surface area contributed by atoms with Crippen LogP contribution in [0.2, 0.25) is 0 Å². The monoisotopic (exact) mass is 605 g/mol. The van der Waals surface area contributed by atoms with Crippen molar-refractivity contribution in [2.75, 3.05) is 0 Å². The van der Waals surface area contributed by atoms with E-state index in [2.05, 4.69) is 77.8 Å². The molecule has 0 saturated carbocycles. The van der Waals surface area contributed by atoms with E-state index in [1.54, 1.807) is 0 Å². The summed E-state index contributed by atoms with van der Waals surface area (Å²) in [6, 6.07) is 46.0. The number of hydrogen-bond acceptors (Lipinski definition) is 4. The molecule has 0 amide bonds. The molecule has 5 nitrogen and oxygen atoms in total. The Morgan fingerprint density at radius 3 is 1.85 bits per heavy atom. The highest BCUT2D eigenvalue weighted by Gasteiger charge is 2.20. The molecule has 222 valence electrons. The van der Waals surface area contributed by atoms with E-state index in [1.807, 2.05) is 72.9 Å². The molecular formula is C42H29N4O+. The quantitative estimate of drug-likeness (QED) is 0.199. The van der Waals surface area contributed by atoms with Gasteiger partial charge < -0.3 is 4.42 Å². The number of furan rings is 1. The van der Waals surface area contributed by atoms with Crippen molar-refractivity contribution in [2.24, 2.45) is 0 Å². The van der Waals surface area contributed by atoms with Gasteiger partial charge in [-0.3, -0.25) is 0 Å². The maximum Gasteiger partial charge on any atom is 0.211 e. The number of pyridine rings is 1. The summed E-state index contributed by atoms with van der Waals surface area (Å²) in [7, 11) is 0. The Hall–Kier alpha value is -6.20. The maximum atomic E-state index is 6.68. The highest BCUT2D eigenvalue weighted by molar-refractivity contribution is 5.96. The molecule has 9 rings (SSSR count). The predicted octanol–water partition coefficient (Wildman–Crippen LogP) is 8.03. The van der Waals surface area contributed by atoms with Crippen LogP contribution in [0, 0.1) is 0 Å². The summed E-state index contributed by atoms with van der Waals surface area (Å²) in [6.07, 6.45) is 5.82. The number of benzene rings is 5. The van der Waals surface area contributed by atoms with E-state index in [0.717, 1.165) is 67.8 Å². The van der Waals surface area contributed by atoms with Gasteiger partial charge in [0.05, 0.1) is 5.39 Å². The molecule has 5 aromatic carbocycles. The van der Waals surface area contributed by atoms with Crippen LogP contribution in [-0.4, -0.2) is 15.0 Å². The molecule has 0 atom stereocenters. The van der Waals surface area contributed by atoms with Crippen molar-refractivity contribution in [1.82, 2.24) is 15.0 Å². The molecule has 0 unspecified atom stereocenters. The van der Waals surface area contributed by atoms with Gasteiger partial charge in [-0.05, 0) is 41.7 Å². The van der Waals surface area contributed by atoms with Crippen LogP contribution < -0.4 is 15.6 Å². The standard InChI is InChI=1S/C42H28N4O/c1-3-11-29(12-4-1)40-44-41(30-13-5-2-6-14-30)46-42(45-40)35-18-9-21-37-38(35)34-17-7-16-32(39(34)47-37)28-24-22-27(23-25-28)31-15-8-20-36-33(31)19-10-26-43-36/h1-8,10-17,19-26H,9,18H2/p+1. The average Bonchev–Trinajstić information content (AvgIpc) is 3.55. The van der Waals surface area contributed by atoms with Crippen molar-refractivity contribution in [3.63, 3.8) is 0 Å². The molecule has 0 radical (unpaired) electrons. The molecule has 3 aromatic heterocycles. The second-order valence-corrected chi connectivity index (χ2v) is 11.8. The number of aromatic nitrogens is 4. The van der Waals surface area contributed by atoms with Crippen LogP contribution in [0.25, 0.3) is 78.6 Å². The minimum atomic E-state index is 0.663. The largest absolute Gasteiger partial charge is 0.456 e. The molecule has 47 heavy (non-hydrogen) atoms. The van der Waals surface area contributed by atoms with Gasteiger partial charge in [-0.15, -0.1) is 0 Å². The molecule has 1 aliphatic rings. The lowest BCUT2D eigenvalue weighted by Crippen LogP contribution is -2.27. The van der Waals surface area contributed by atoms with Gasteiger partial charge in [-0.2, -0.15) is 0 Å². The van der Waals surface area contributed by atoms with Gasteiger partial charge in [0, 0.05) is 45.0 Å². The Kier molecular flexibility index (Phi) is 6.53. The SMILES string of the molecule is C1=c2oc3c(-c4ccc(-c5cccc6[nH+]cccc56)cc4)cccc3c2=C(c2nc(-c3ccccc3)nc(-c3ccccc3)n2)CC1. The Bertz CT molecular complexity index is 2490. The molecule has 1 N–H and O–H groups in total. The number of fused-ring (bicyclic) bond motifs is 4. The number of hydrogen-bond donors (Lipinski definition) is 0. The van der Waals surface area contributed by atoms with E-state index in [1.165, 1.54) is 16.5 Å². The molecule has 0 bridgehead atoms. The third-order valence-electron chi connectivity index (χ3n) is 8.95. The van der Waals surface area contributed by atoms with E-state index in [4.69, 9.17) is 19.4 Å². The van der Waals surface area contributed by atoms with Gasteiger partial charge in [-0.25, -0.2) is 19.9 Å². The van der Waals surface area contributed by atoms with E-state index in [9.17, 15) is 0 Å². The molecule has 3 heterocycles. The summed E-state index contributed by atoms with van der Waals surface area (Å²) in [5, 5.41) is 3.34. The van der Waals surface area contributed by atoms with Crippen molar-refractivity contribution in [2.45, 2.75) is 12.8 Å². The highest BCUT2D eigenvalue weighted by Crippen LogP contribution is 2.33. The normalized spacial score (nSPS) is 12.6. The fourth-order valence-corrected chi connectivity index (χ4v) is 6.69. The minimum absolute atomic E-state index is 0.663. The molecule has 0 saturated heterocycles. The molecule has 0 aliphatic heterocycles. The third kappa shape index (κ3) is 4.80. The number of nitrogens with zero attached hydrogens (tertiary/aromatic N) is 3. The second kappa shape index (κ2) is 11.3. The molecule has 5 heteroatoms. The summed E-state index contributed by atoms with van der Waals surface area (Å²) >= 11 is 0. The lowest BCUT2D eigenvalue weighted by molar-refractivity contribution is -0.344. The minimum Gasteiger partial charge on any atom is -0.456 e. The first-order valence-corrected chi connectivity index (χ1v) is 15.9. The van der Waals surface area contributed by atoms with E-state index >= 15 is 0 Å². The zero-order valence-electron chi connectivity index (χ0n) is 25.5. The van der Waals surface area contributed by atoms with Crippen LogP contribution in [0.4, 0.5) is 0 Å². The van der Waals surface area contributed by atoms with Gasteiger partial charge in [0.25, 0.3) is 0 Å². The summed E-state index contributed by atoms with van der Waals surface area (Å²) in [6.45, 7) is 0. The van der Waals surface area contributed by atoms with Gasteiger partial charge in [0.15, 0.2) is 23.7 Å². The zero-order chi connectivity index (χ0) is 31.2. The number of H-pyrrole nitrogens is 1. The summed E-state index contributed by atoms with van der Waals surface area (Å²) < 4.78 is 6.68. The lowest BCUT2D eigenvalue weighted by atomic mass is 9.96. The van der Waals surface area contributed by atoms with Crippen molar-refractivity contribution in [3.05, 3.63) is 156 Å². The summed E-state index contributed by atoms with van der Waals surface area (Å²) in [5.74, 6) is 2.02. The maximum absolute atomic E-state index is 6.68. The van der Waals surface area contributed by atoms with Crippen LogP contribution in [-0.2, 0) is 0 Å². The molecule has 0 fully saturated rings. The van der Waals surface area contributed by atoms with E-state index in [0.29, 0.717) is 17.5 Å². The fraction of sp³-hybridized carbons (Fsp3) is 0.0476. The summed E-state index contributed by atoms with van der Waals surface area (Å²) in [4.78, 5) is 18.4. The Morgan fingerprint density at radius 2 is 1.13 bits per heavy atom. The van der Waals surface area contributed by atoms with Crippen LogP contribution in [0.3, 0.4) is 0 Å². The Balaban J connectivity index is 1.20. The van der Waals surface area contributed by atoms with Crippen LogP contribution in [0.1, 0.15) is 18.7 Å². The van der Waals surface area contributed by atoms with Gasteiger partial charge >= 0.3 is 0 Å². The first-order chi connectivity index (χ1) is 23.3. The van der Waals surface area contributed by atoms with Crippen LogP contribution in [0.15, 0.2) is 144 Å². The lowest BCUT2D eigenvalue weighted by Gasteiger charge is -2.11. The molecule has 1 aliphatic carbocycles. The Morgan fingerprint density at radius 1 is 0.511 bits per heavy atom. The smallest absolute Gasteiger partial charge is 0.211 e. The second-order valence-electron chi connectivity index (χ2n) is 11.8. The van der Waals surface area contributed by atoms with Crippen molar-refractivity contribution in [1.29, 1.82) is 0 Å². The summed E-state index contributed by atoms with van der Waals surface area (Å²) in [5.41, 5.74) is 10.4. The number of aromatic amines is 1.